The van der Waals surface area contributed by atoms with Crippen LogP contribution in [0.1, 0.15) is 35.7 Å². The number of benzene rings is 1. The molecule has 1 aromatic carbocycles. The SMILES string of the molecule is CC1(C(N)=O)CCN(C(=O)c2cccc3c2CCCN3)C1. The van der Waals surface area contributed by atoms with Crippen molar-refractivity contribution in [1.82, 2.24) is 4.90 Å². The molecule has 0 aromatic heterocycles. The summed E-state index contributed by atoms with van der Waals surface area (Å²) in [6, 6.07) is 5.81. The predicted molar refractivity (Wildman–Crippen MR) is 81.1 cm³/mol. The van der Waals surface area contributed by atoms with Crippen LogP contribution in [0.2, 0.25) is 0 Å². The molecule has 5 nitrogen and oxygen atoms in total. The van der Waals surface area contributed by atoms with Gasteiger partial charge in [0.15, 0.2) is 0 Å². The van der Waals surface area contributed by atoms with Crippen molar-refractivity contribution in [3.63, 3.8) is 0 Å². The standard InChI is InChI=1S/C16H21N3O2/c1-16(15(17)21)7-9-19(10-16)14(20)12-4-2-6-13-11(12)5-3-8-18-13/h2,4,6,18H,3,5,7-10H2,1H3,(H2,17,21). The van der Waals surface area contributed by atoms with Gasteiger partial charge in [-0.1, -0.05) is 6.07 Å². The van der Waals surface area contributed by atoms with E-state index in [0.717, 1.165) is 36.2 Å². The van der Waals surface area contributed by atoms with Gasteiger partial charge in [0.1, 0.15) is 0 Å². The van der Waals surface area contributed by atoms with Crippen molar-refractivity contribution in [3.8, 4) is 0 Å². The summed E-state index contributed by atoms with van der Waals surface area (Å²) in [7, 11) is 0. The van der Waals surface area contributed by atoms with Crippen LogP contribution in [0.4, 0.5) is 5.69 Å². The fourth-order valence-corrected chi connectivity index (χ4v) is 3.22. The summed E-state index contributed by atoms with van der Waals surface area (Å²) in [6.07, 6.45) is 2.60. The molecule has 3 rings (SSSR count). The molecule has 1 atom stereocenters. The molecule has 0 saturated carbocycles. The summed E-state index contributed by atoms with van der Waals surface area (Å²) in [6.45, 7) is 3.80. The topological polar surface area (TPSA) is 75.4 Å². The molecule has 5 heteroatoms. The second-order valence-electron chi connectivity index (χ2n) is 6.26. The highest BCUT2D eigenvalue weighted by Gasteiger charge is 2.41. The first-order valence-corrected chi connectivity index (χ1v) is 7.46. The Bertz CT molecular complexity index is 599. The van der Waals surface area contributed by atoms with Crippen molar-refractivity contribution in [2.75, 3.05) is 25.0 Å². The van der Waals surface area contributed by atoms with E-state index < -0.39 is 5.41 Å². The van der Waals surface area contributed by atoms with Gasteiger partial charge in [-0.2, -0.15) is 0 Å². The lowest BCUT2D eigenvalue weighted by Gasteiger charge is -2.24. The van der Waals surface area contributed by atoms with Crippen LogP contribution >= 0.6 is 0 Å². The van der Waals surface area contributed by atoms with Crippen molar-refractivity contribution in [2.24, 2.45) is 11.1 Å². The first-order valence-electron chi connectivity index (χ1n) is 7.46. The fraction of sp³-hybridized carbons (Fsp3) is 0.500. The van der Waals surface area contributed by atoms with Crippen molar-refractivity contribution in [3.05, 3.63) is 29.3 Å². The molecule has 0 radical (unpaired) electrons. The normalized spacial score (nSPS) is 24.3. The molecule has 21 heavy (non-hydrogen) atoms. The van der Waals surface area contributed by atoms with Gasteiger partial charge in [-0.25, -0.2) is 0 Å². The van der Waals surface area contributed by atoms with Crippen LogP contribution in [0.3, 0.4) is 0 Å². The molecule has 2 aliphatic heterocycles. The highest BCUT2D eigenvalue weighted by Crippen LogP contribution is 2.32. The van der Waals surface area contributed by atoms with Gasteiger partial charge in [0.05, 0.1) is 5.41 Å². The van der Waals surface area contributed by atoms with E-state index in [4.69, 9.17) is 5.73 Å². The molecule has 0 aliphatic carbocycles. The van der Waals surface area contributed by atoms with Gasteiger partial charge in [0.25, 0.3) is 5.91 Å². The number of hydrogen-bond acceptors (Lipinski definition) is 3. The Morgan fingerprint density at radius 3 is 2.90 bits per heavy atom. The Morgan fingerprint density at radius 1 is 1.38 bits per heavy atom. The molecule has 1 aromatic rings. The largest absolute Gasteiger partial charge is 0.385 e. The zero-order valence-electron chi connectivity index (χ0n) is 12.3. The molecule has 1 saturated heterocycles. The van der Waals surface area contributed by atoms with Crippen molar-refractivity contribution < 1.29 is 9.59 Å². The third-order valence-corrected chi connectivity index (χ3v) is 4.68. The summed E-state index contributed by atoms with van der Waals surface area (Å²) in [4.78, 5) is 26.1. The minimum Gasteiger partial charge on any atom is -0.385 e. The number of anilines is 1. The lowest BCUT2D eigenvalue weighted by molar-refractivity contribution is -0.126. The molecule has 1 fully saturated rings. The first-order chi connectivity index (χ1) is 10.0. The Hall–Kier alpha value is -2.04. The maximum absolute atomic E-state index is 12.8. The van der Waals surface area contributed by atoms with Crippen LogP contribution in [0, 0.1) is 5.41 Å². The van der Waals surface area contributed by atoms with Gasteiger partial charge in [0.2, 0.25) is 5.91 Å². The smallest absolute Gasteiger partial charge is 0.254 e. The zero-order chi connectivity index (χ0) is 15.0. The van der Waals surface area contributed by atoms with E-state index >= 15 is 0 Å². The van der Waals surface area contributed by atoms with Gasteiger partial charge >= 0.3 is 0 Å². The van der Waals surface area contributed by atoms with Crippen molar-refractivity contribution >= 4 is 17.5 Å². The number of rotatable bonds is 2. The number of nitrogens with zero attached hydrogens (tertiary/aromatic N) is 1. The highest BCUT2D eigenvalue weighted by molar-refractivity contribution is 5.98. The quantitative estimate of drug-likeness (QED) is 0.863. The summed E-state index contributed by atoms with van der Waals surface area (Å²) < 4.78 is 0. The number of nitrogens with two attached hydrogens (primary N) is 1. The molecule has 112 valence electrons. The predicted octanol–water partition coefficient (Wildman–Crippen LogP) is 1.38. The summed E-state index contributed by atoms with van der Waals surface area (Å²) in [5.41, 5.74) is 7.78. The molecule has 0 bridgehead atoms. The van der Waals surface area contributed by atoms with Crippen LogP contribution in [0.25, 0.3) is 0 Å². The van der Waals surface area contributed by atoms with Gasteiger partial charge in [-0.15, -0.1) is 0 Å². The number of likely N-dealkylation sites (tertiary alicyclic amines) is 1. The van der Waals surface area contributed by atoms with Crippen LogP contribution in [0.15, 0.2) is 18.2 Å². The molecular formula is C16H21N3O2. The fourth-order valence-electron chi connectivity index (χ4n) is 3.22. The molecule has 0 spiro atoms. The Kier molecular flexibility index (Phi) is 3.35. The average Bonchev–Trinajstić information content (AvgIpc) is 2.90. The minimum atomic E-state index is -0.594. The second-order valence-corrected chi connectivity index (χ2v) is 6.26. The van der Waals surface area contributed by atoms with Crippen LogP contribution < -0.4 is 11.1 Å². The maximum atomic E-state index is 12.8. The van der Waals surface area contributed by atoms with Crippen molar-refractivity contribution in [2.45, 2.75) is 26.2 Å². The molecular weight excluding hydrogens is 266 g/mol. The van der Waals surface area contributed by atoms with E-state index in [-0.39, 0.29) is 11.8 Å². The molecule has 2 amide bonds. The van der Waals surface area contributed by atoms with Crippen LogP contribution in [-0.4, -0.2) is 36.3 Å². The van der Waals surface area contributed by atoms with Gasteiger partial charge in [0, 0.05) is 30.9 Å². The van der Waals surface area contributed by atoms with E-state index in [0.29, 0.717) is 19.5 Å². The molecule has 2 aliphatic rings. The lowest BCUT2D eigenvalue weighted by Crippen LogP contribution is -2.39. The number of fused-ring (bicyclic) bond motifs is 1. The number of nitrogens with one attached hydrogen (secondary N) is 1. The van der Waals surface area contributed by atoms with Gasteiger partial charge < -0.3 is 16.0 Å². The molecule has 3 N–H and O–H groups in total. The Balaban J connectivity index is 1.86. The Labute approximate surface area is 124 Å². The summed E-state index contributed by atoms with van der Waals surface area (Å²) in [5.74, 6) is -0.310. The maximum Gasteiger partial charge on any atom is 0.254 e. The lowest BCUT2D eigenvalue weighted by atomic mass is 9.89. The van der Waals surface area contributed by atoms with E-state index in [1.807, 2.05) is 25.1 Å². The first kappa shape index (κ1) is 13.9. The highest BCUT2D eigenvalue weighted by atomic mass is 16.2. The van der Waals surface area contributed by atoms with Gasteiger partial charge in [-0.3, -0.25) is 9.59 Å². The van der Waals surface area contributed by atoms with Crippen molar-refractivity contribution in [1.29, 1.82) is 0 Å². The van der Waals surface area contributed by atoms with Gasteiger partial charge in [-0.05, 0) is 43.9 Å². The monoisotopic (exact) mass is 287 g/mol. The Morgan fingerprint density at radius 2 is 2.19 bits per heavy atom. The summed E-state index contributed by atoms with van der Waals surface area (Å²) in [5, 5.41) is 3.34. The number of carbonyl (C=O) groups excluding carboxylic acids is 2. The second kappa shape index (κ2) is 5.06. The number of amides is 2. The van der Waals surface area contributed by atoms with E-state index in [2.05, 4.69) is 5.32 Å². The minimum absolute atomic E-state index is 0.0144. The average molecular weight is 287 g/mol. The van der Waals surface area contributed by atoms with Crippen LogP contribution in [-0.2, 0) is 11.2 Å². The number of carbonyl (C=O) groups is 2. The summed E-state index contributed by atoms with van der Waals surface area (Å²) >= 11 is 0. The van der Waals surface area contributed by atoms with E-state index in [1.165, 1.54) is 0 Å². The number of primary amides is 1. The molecule has 2 heterocycles. The van der Waals surface area contributed by atoms with Crippen LogP contribution in [0.5, 0.6) is 0 Å². The zero-order valence-corrected chi connectivity index (χ0v) is 12.3. The molecule has 1 unspecified atom stereocenters. The van der Waals surface area contributed by atoms with E-state index in [1.54, 1.807) is 4.90 Å². The van der Waals surface area contributed by atoms with E-state index in [9.17, 15) is 9.59 Å². The number of hydrogen-bond donors (Lipinski definition) is 2. The third-order valence-electron chi connectivity index (χ3n) is 4.68. The third kappa shape index (κ3) is 2.37.